The molecular formula is C61H38F6N4O. The number of benzene rings is 9. The number of alkyl halides is 6. The van der Waals surface area contributed by atoms with Crippen molar-refractivity contribution in [2.45, 2.75) is 26.2 Å². The first-order valence-corrected chi connectivity index (χ1v) is 23.1. The van der Waals surface area contributed by atoms with Gasteiger partial charge in [0, 0.05) is 38.2 Å². The number of aromatic nitrogens is 4. The van der Waals surface area contributed by atoms with E-state index in [0.717, 1.165) is 62.4 Å². The third-order valence-corrected chi connectivity index (χ3v) is 13.3. The van der Waals surface area contributed by atoms with Crippen molar-refractivity contribution >= 4 is 43.7 Å². The van der Waals surface area contributed by atoms with E-state index in [1.54, 1.807) is 32.0 Å². The number of halogens is 6. The first kappa shape index (κ1) is 44.4. The van der Waals surface area contributed by atoms with Crippen LogP contribution in [0.4, 0.5) is 26.3 Å². The molecule has 0 bridgehead atoms. The van der Waals surface area contributed by atoms with Crippen molar-refractivity contribution in [1.82, 2.24) is 19.5 Å². The Morgan fingerprint density at radius 1 is 0.389 bits per heavy atom. The van der Waals surface area contributed by atoms with Gasteiger partial charge in [-0.3, -0.25) is 0 Å². The van der Waals surface area contributed by atoms with Crippen LogP contribution in [0.3, 0.4) is 0 Å². The molecule has 350 valence electrons. The lowest BCUT2D eigenvalue weighted by Crippen LogP contribution is -2.07. The molecule has 3 heterocycles. The van der Waals surface area contributed by atoms with E-state index < -0.39 is 23.5 Å². The summed E-state index contributed by atoms with van der Waals surface area (Å²) in [6.07, 6.45) is -9.16. The molecule has 0 radical (unpaired) electrons. The number of hydrogen-bond acceptors (Lipinski definition) is 4. The van der Waals surface area contributed by atoms with Crippen molar-refractivity contribution in [2.24, 2.45) is 0 Å². The summed E-state index contributed by atoms with van der Waals surface area (Å²) in [5.74, 6) is 1.26. The van der Waals surface area contributed by atoms with Crippen LogP contribution in [0.25, 0.3) is 117 Å². The molecule has 9 aromatic carbocycles. The Kier molecular flexibility index (Phi) is 10.4. The SMILES string of the molecule is Cc1ccc(-c2ccc3c(c2)c2cc(-c4ccc(C(F)(F)F)cc4C)ccc2n3-c2ccc(-c3ccc4oc5ccccc5c4c3)cc2-c2nc(-c3ccccc3)nc(-c3ccccc3)n2)c(C(F)(F)F)c1. The van der Waals surface area contributed by atoms with Gasteiger partial charge in [-0.2, -0.15) is 26.3 Å². The molecular weight excluding hydrogens is 919 g/mol. The molecule has 0 amide bonds. The second kappa shape index (κ2) is 16.9. The number of fused-ring (bicyclic) bond motifs is 6. The van der Waals surface area contributed by atoms with E-state index in [0.29, 0.717) is 78.3 Å². The summed E-state index contributed by atoms with van der Waals surface area (Å²) in [7, 11) is 0. The van der Waals surface area contributed by atoms with Crippen molar-refractivity contribution < 1.29 is 30.8 Å². The zero-order chi connectivity index (χ0) is 49.5. The molecule has 12 aromatic rings. The Hall–Kier alpha value is -8.83. The largest absolute Gasteiger partial charge is 0.456 e. The lowest BCUT2D eigenvalue weighted by Gasteiger charge is -2.17. The Morgan fingerprint density at radius 2 is 0.931 bits per heavy atom. The molecule has 11 heteroatoms. The third kappa shape index (κ3) is 7.83. The zero-order valence-corrected chi connectivity index (χ0v) is 38.4. The van der Waals surface area contributed by atoms with Gasteiger partial charge in [-0.1, -0.05) is 127 Å². The van der Waals surface area contributed by atoms with Crippen LogP contribution in [0, 0.1) is 13.8 Å². The van der Waals surface area contributed by atoms with Gasteiger partial charge in [-0.15, -0.1) is 0 Å². The van der Waals surface area contributed by atoms with Crippen LogP contribution < -0.4 is 0 Å². The molecule has 3 aromatic heterocycles. The smallest absolute Gasteiger partial charge is 0.417 e. The highest BCUT2D eigenvalue weighted by Crippen LogP contribution is 2.44. The predicted octanol–water partition coefficient (Wildman–Crippen LogP) is 17.5. The topological polar surface area (TPSA) is 56.7 Å². The molecule has 12 rings (SSSR count). The highest BCUT2D eigenvalue weighted by Gasteiger charge is 2.34. The summed E-state index contributed by atoms with van der Waals surface area (Å²) in [4.78, 5) is 15.4. The Bertz CT molecular complexity index is 4040. The van der Waals surface area contributed by atoms with Crippen molar-refractivity contribution in [3.63, 3.8) is 0 Å². The van der Waals surface area contributed by atoms with Crippen LogP contribution in [0.1, 0.15) is 22.3 Å². The third-order valence-electron chi connectivity index (χ3n) is 13.3. The fourth-order valence-corrected chi connectivity index (χ4v) is 9.85. The minimum absolute atomic E-state index is 0.0186. The molecule has 0 aliphatic heterocycles. The predicted molar refractivity (Wildman–Crippen MR) is 274 cm³/mol. The van der Waals surface area contributed by atoms with Gasteiger partial charge in [0.1, 0.15) is 11.2 Å². The monoisotopic (exact) mass is 956 g/mol. The van der Waals surface area contributed by atoms with E-state index >= 15 is 0 Å². The maximum Gasteiger partial charge on any atom is 0.417 e. The number of rotatable bonds is 7. The number of nitrogens with zero attached hydrogens (tertiary/aromatic N) is 4. The van der Waals surface area contributed by atoms with E-state index in [1.807, 2.05) is 140 Å². The molecule has 72 heavy (non-hydrogen) atoms. The van der Waals surface area contributed by atoms with Crippen molar-refractivity contribution in [1.29, 1.82) is 0 Å². The minimum Gasteiger partial charge on any atom is -0.456 e. The van der Waals surface area contributed by atoms with Crippen molar-refractivity contribution in [3.8, 4) is 73.2 Å². The Morgan fingerprint density at radius 3 is 1.57 bits per heavy atom. The van der Waals surface area contributed by atoms with Gasteiger partial charge >= 0.3 is 12.4 Å². The van der Waals surface area contributed by atoms with Crippen LogP contribution in [-0.2, 0) is 12.4 Å². The number of para-hydroxylation sites is 1. The average molecular weight is 957 g/mol. The van der Waals surface area contributed by atoms with Gasteiger partial charge in [0.25, 0.3) is 0 Å². The normalized spacial score (nSPS) is 12.2. The first-order chi connectivity index (χ1) is 34.7. The quantitative estimate of drug-likeness (QED) is 0.149. The van der Waals surface area contributed by atoms with Gasteiger partial charge in [0.2, 0.25) is 0 Å². The first-order valence-electron chi connectivity index (χ1n) is 23.1. The lowest BCUT2D eigenvalue weighted by atomic mass is 9.95. The summed E-state index contributed by atoms with van der Waals surface area (Å²) in [6.45, 7) is 3.26. The second-order valence-corrected chi connectivity index (χ2v) is 18.0. The van der Waals surface area contributed by atoms with Gasteiger partial charge in [0.05, 0.1) is 27.8 Å². The summed E-state index contributed by atoms with van der Waals surface area (Å²) >= 11 is 0. The highest BCUT2D eigenvalue weighted by atomic mass is 19.4. The molecule has 0 aliphatic carbocycles. The van der Waals surface area contributed by atoms with E-state index in [4.69, 9.17) is 19.4 Å². The van der Waals surface area contributed by atoms with Gasteiger partial charge in [0.15, 0.2) is 17.5 Å². The maximum absolute atomic E-state index is 14.8. The van der Waals surface area contributed by atoms with Crippen LogP contribution in [0.5, 0.6) is 0 Å². The lowest BCUT2D eigenvalue weighted by molar-refractivity contribution is -0.138. The van der Waals surface area contributed by atoms with Gasteiger partial charge in [-0.05, 0) is 126 Å². The molecule has 0 aliphatic rings. The fraction of sp³-hybridized carbons (Fsp3) is 0.0656. The molecule has 0 atom stereocenters. The molecule has 0 spiro atoms. The number of hydrogen-bond donors (Lipinski definition) is 0. The standard InChI is InChI=1S/C61H38F6N4O/c1-35-17-23-45(51(29-35)61(65,66)67)42-20-27-53-48(34-42)47-33-41(44-24-22-43(30-36(44)2)60(62,63)64)19-26-52(47)71(53)54-25-18-39(40-21-28-56-49(31-40)46-15-9-10-16-55(46)72-56)32-50(54)59-69-57(37-11-5-3-6-12-37)68-58(70-59)38-13-7-4-8-14-38/h3-34H,1-2H3. The maximum atomic E-state index is 14.8. The molecule has 0 saturated heterocycles. The molecule has 0 fully saturated rings. The molecule has 5 nitrogen and oxygen atoms in total. The molecule has 0 N–H and O–H groups in total. The summed E-state index contributed by atoms with van der Waals surface area (Å²) < 4.78 is 94.1. The van der Waals surface area contributed by atoms with E-state index in [1.165, 1.54) is 12.1 Å². The summed E-state index contributed by atoms with van der Waals surface area (Å²) in [5, 5.41) is 3.22. The van der Waals surface area contributed by atoms with Crippen LogP contribution in [0.2, 0.25) is 0 Å². The van der Waals surface area contributed by atoms with Crippen LogP contribution in [-0.4, -0.2) is 19.5 Å². The van der Waals surface area contributed by atoms with E-state index in [9.17, 15) is 26.3 Å². The van der Waals surface area contributed by atoms with E-state index in [2.05, 4.69) is 10.6 Å². The average Bonchev–Trinajstić information content (AvgIpc) is 3.93. The highest BCUT2D eigenvalue weighted by molar-refractivity contribution is 6.12. The zero-order valence-electron chi connectivity index (χ0n) is 38.4. The minimum atomic E-state index is -4.63. The molecule has 0 saturated carbocycles. The summed E-state index contributed by atoms with van der Waals surface area (Å²) in [6, 6.07) is 58.2. The van der Waals surface area contributed by atoms with Crippen molar-refractivity contribution in [3.05, 3.63) is 216 Å². The second-order valence-electron chi connectivity index (χ2n) is 18.0. The fourth-order valence-electron chi connectivity index (χ4n) is 9.85. The van der Waals surface area contributed by atoms with Gasteiger partial charge in [-0.25, -0.2) is 15.0 Å². The Balaban J connectivity index is 1.15. The van der Waals surface area contributed by atoms with Gasteiger partial charge < -0.3 is 8.98 Å². The van der Waals surface area contributed by atoms with Crippen LogP contribution in [0.15, 0.2) is 199 Å². The molecule has 0 unspecified atom stereocenters. The summed E-state index contributed by atoms with van der Waals surface area (Å²) in [5.41, 5.74) is 8.43. The van der Waals surface area contributed by atoms with E-state index in [-0.39, 0.29) is 5.56 Å². The Labute approximate surface area is 408 Å². The van der Waals surface area contributed by atoms with Crippen LogP contribution >= 0.6 is 0 Å². The van der Waals surface area contributed by atoms with Crippen molar-refractivity contribution in [2.75, 3.05) is 0 Å². The number of furan rings is 1. The number of aryl methyl sites for hydroxylation is 2.